The third-order valence-electron chi connectivity index (χ3n) is 4.01. The minimum atomic E-state index is -3.67. The van der Waals surface area contributed by atoms with Crippen LogP contribution in [-0.4, -0.2) is 28.3 Å². The smallest absolute Gasteiger partial charge is 0.258 e. The zero-order chi connectivity index (χ0) is 18.2. The Labute approximate surface area is 144 Å². The summed E-state index contributed by atoms with van der Waals surface area (Å²) >= 11 is 0. The molecule has 3 rings (SSSR count). The molecule has 1 aromatic heterocycles. The van der Waals surface area contributed by atoms with E-state index in [2.05, 4.69) is 10.2 Å². The summed E-state index contributed by atoms with van der Waals surface area (Å²) in [7, 11) is -2.12. The molecule has 0 aliphatic heterocycles. The quantitative estimate of drug-likeness (QED) is 0.511. The lowest BCUT2D eigenvalue weighted by atomic mass is 10.1. The summed E-state index contributed by atoms with van der Waals surface area (Å²) in [4.78, 5) is 12.1. The molecule has 0 fully saturated rings. The summed E-state index contributed by atoms with van der Waals surface area (Å²) in [6.07, 6.45) is 0.306. The van der Waals surface area contributed by atoms with Gasteiger partial charge in [-0.2, -0.15) is 9.90 Å². The number of non-ortho nitro benzene ring substituents is 1. The van der Waals surface area contributed by atoms with Crippen LogP contribution in [0.2, 0.25) is 0 Å². The molecule has 0 saturated carbocycles. The Kier molecular flexibility index (Phi) is 4.25. The van der Waals surface area contributed by atoms with E-state index >= 15 is 0 Å². The Hall–Kier alpha value is -2.81. The molecule has 1 unspecified atom stereocenters. The van der Waals surface area contributed by atoms with E-state index in [-0.39, 0.29) is 21.6 Å². The van der Waals surface area contributed by atoms with Gasteiger partial charge in [-0.1, -0.05) is 25.1 Å². The molecule has 0 saturated heterocycles. The first-order valence-corrected chi connectivity index (χ1v) is 9.18. The van der Waals surface area contributed by atoms with Crippen LogP contribution >= 0.6 is 0 Å². The zero-order valence-electron chi connectivity index (χ0n) is 13.7. The van der Waals surface area contributed by atoms with E-state index in [1.807, 2.05) is 0 Å². The van der Waals surface area contributed by atoms with Crippen molar-refractivity contribution in [1.82, 2.24) is 15.0 Å². The lowest BCUT2D eigenvalue weighted by molar-refractivity contribution is -0.383. The molecular formula is C16H16N4O4S. The number of aryl methyl sites for hydroxylation is 1. The van der Waals surface area contributed by atoms with Crippen LogP contribution in [0.3, 0.4) is 0 Å². The summed E-state index contributed by atoms with van der Waals surface area (Å²) in [6.45, 7) is 1.76. The molecule has 0 aliphatic carbocycles. The SMILES string of the molecule is CCC(c1ccc([N+](=O)[O-])c2nn(C)nc12)S(=O)(=O)c1ccccc1. The summed E-state index contributed by atoms with van der Waals surface area (Å²) in [5.41, 5.74) is 0.550. The molecule has 0 spiro atoms. The van der Waals surface area contributed by atoms with Crippen molar-refractivity contribution in [3.63, 3.8) is 0 Å². The highest BCUT2D eigenvalue weighted by atomic mass is 32.2. The summed E-state index contributed by atoms with van der Waals surface area (Å²) in [6, 6.07) is 10.9. The maximum atomic E-state index is 13.0. The number of benzene rings is 2. The molecule has 3 aromatic rings. The summed E-state index contributed by atoms with van der Waals surface area (Å²) in [5, 5.41) is 18.5. The van der Waals surface area contributed by atoms with E-state index in [9.17, 15) is 18.5 Å². The highest BCUT2D eigenvalue weighted by molar-refractivity contribution is 7.91. The molecule has 8 nitrogen and oxygen atoms in total. The Morgan fingerprint density at radius 2 is 1.76 bits per heavy atom. The Morgan fingerprint density at radius 1 is 1.12 bits per heavy atom. The van der Waals surface area contributed by atoms with Gasteiger partial charge in [0.15, 0.2) is 15.4 Å². The number of nitro benzene ring substituents is 1. The van der Waals surface area contributed by atoms with Crippen molar-refractivity contribution in [1.29, 1.82) is 0 Å². The number of fused-ring (bicyclic) bond motifs is 1. The first-order chi connectivity index (χ1) is 11.9. The first kappa shape index (κ1) is 17.0. The molecular weight excluding hydrogens is 344 g/mol. The fourth-order valence-electron chi connectivity index (χ4n) is 2.89. The largest absolute Gasteiger partial charge is 0.299 e. The molecule has 1 atom stereocenters. The molecule has 25 heavy (non-hydrogen) atoms. The lowest BCUT2D eigenvalue weighted by Gasteiger charge is -2.16. The number of nitrogens with zero attached hydrogens (tertiary/aromatic N) is 4. The highest BCUT2D eigenvalue weighted by Crippen LogP contribution is 2.37. The number of nitro groups is 1. The van der Waals surface area contributed by atoms with E-state index in [4.69, 9.17) is 0 Å². The topological polar surface area (TPSA) is 108 Å². The van der Waals surface area contributed by atoms with Gasteiger partial charge in [-0.05, 0) is 24.6 Å². The van der Waals surface area contributed by atoms with Crippen LogP contribution in [-0.2, 0) is 16.9 Å². The summed E-state index contributed by atoms with van der Waals surface area (Å²) < 4.78 is 26.1. The van der Waals surface area contributed by atoms with Gasteiger partial charge in [0.05, 0.1) is 15.1 Å². The summed E-state index contributed by atoms with van der Waals surface area (Å²) in [5.74, 6) is 0. The van der Waals surface area contributed by atoms with E-state index in [0.717, 1.165) is 0 Å². The van der Waals surface area contributed by atoms with Crippen molar-refractivity contribution in [2.75, 3.05) is 0 Å². The fraction of sp³-hybridized carbons (Fsp3) is 0.250. The molecule has 0 radical (unpaired) electrons. The average molecular weight is 360 g/mol. The third-order valence-corrected chi connectivity index (χ3v) is 6.28. The molecule has 1 heterocycles. The van der Waals surface area contributed by atoms with E-state index in [1.54, 1.807) is 32.2 Å². The van der Waals surface area contributed by atoms with Crippen molar-refractivity contribution in [2.24, 2.45) is 7.05 Å². The molecule has 0 bridgehead atoms. The van der Waals surface area contributed by atoms with Gasteiger partial charge in [-0.25, -0.2) is 8.42 Å². The Morgan fingerprint density at radius 3 is 2.36 bits per heavy atom. The number of hydrogen-bond donors (Lipinski definition) is 0. The van der Waals surface area contributed by atoms with Crippen LogP contribution in [0.5, 0.6) is 0 Å². The van der Waals surface area contributed by atoms with Gasteiger partial charge in [0.2, 0.25) is 0 Å². The predicted octanol–water partition coefficient (Wildman–Crippen LogP) is 2.80. The second-order valence-electron chi connectivity index (χ2n) is 5.57. The number of sulfone groups is 1. The van der Waals surface area contributed by atoms with Crippen LogP contribution in [0, 0.1) is 10.1 Å². The van der Waals surface area contributed by atoms with Crippen molar-refractivity contribution in [3.05, 3.63) is 58.1 Å². The maximum Gasteiger partial charge on any atom is 0.299 e. The van der Waals surface area contributed by atoms with Gasteiger partial charge in [-0.15, -0.1) is 5.10 Å². The van der Waals surface area contributed by atoms with Gasteiger partial charge in [0.25, 0.3) is 5.69 Å². The predicted molar refractivity (Wildman–Crippen MR) is 91.8 cm³/mol. The number of rotatable bonds is 5. The Bertz CT molecular complexity index is 1040. The second kappa shape index (κ2) is 6.25. The second-order valence-corrected chi connectivity index (χ2v) is 7.70. The first-order valence-electron chi connectivity index (χ1n) is 7.63. The van der Waals surface area contributed by atoms with Crippen molar-refractivity contribution in [3.8, 4) is 0 Å². The Balaban J connectivity index is 2.24. The van der Waals surface area contributed by atoms with Crippen LogP contribution < -0.4 is 0 Å². The molecule has 2 aromatic carbocycles. The standard InChI is InChI=1S/C16H16N4O4S/c1-3-14(25(23,24)11-7-5-4-6-8-11)12-9-10-13(20(21)22)16-15(12)17-19(2)18-16/h4-10,14H,3H2,1-2H3. The number of aromatic nitrogens is 3. The van der Waals surface area contributed by atoms with Gasteiger partial charge < -0.3 is 0 Å². The van der Waals surface area contributed by atoms with Crippen LogP contribution in [0.4, 0.5) is 5.69 Å². The highest BCUT2D eigenvalue weighted by Gasteiger charge is 2.31. The molecule has 0 N–H and O–H groups in total. The van der Waals surface area contributed by atoms with Crippen LogP contribution in [0.1, 0.15) is 24.2 Å². The normalized spacial score (nSPS) is 13.0. The van der Waals surface area contributed by atoms with Crippen molar-refractivity contribution in [2.45, 2.75) is 23.5 Å². The fourth-order valence-corrected chi connectivity index (χ4v) is 4.72. The average Bonchev–Trinajstić information content (AvgIpc) is 2.97. The van der Waals surface area contributed by atoms with E-state index in [0.29, 0.717) is 12.0 Å². The van der Waals surface area contributed by atoms with Crippen LogP contribution in [0.15, 0.2) is 47.4 Å². The molecule has 0 aliphatic rings. The van der Waals surface area contributed by atoms with Gasteiger partial charge in [0.1, 0.15) is 5.52 Å². The lowest BCUT2D eigenvalue weighted by Crippen LogP contribution is -2.14. The minimum absolute atomic E-state index is 0.0895. The molecule has 9 heteroatoms. The van der Waals surface area contributed by atoms with Crippen molar-refractivity contribution >= 4 is 26.6 Å². The van der Waals surface area contributed by atoms with Gasteiger partial charge in [-0.3, -0.25) is 10.1 Å². The molecule has 130 valence electrons. The third kappa shape index (κ3) is 2.86. The van der Waals surface area contributed by atoms with E-state index < -0.39 is 20.0 Å². The number of hydrogen-bond acceptors (Lipinski definition) is 6. The van der Waals surface area contributed by atoms with Gasteiger partial charge >= 0.3 is 0 Å². The molecule has 0 amide bonds. The van der Waals surface area contributed by atoms with Crippen LogP contribution in [0.25, 0.3) is 11.0 Å². The monoisotopic (exact) mass is 360 g/mol. The maximum absolute atomic E-state index is 13.0. The van der Waals surface area contributed by atoms with E-state index in [1.165, 1.54) is 29.1 Å². The minimum Gasteiger partial charge on any atom is -0.258 e. The van der Waals surface area contributed by atoms with Gasteiger partial charge in [0, 0.05) is 18.7 Å². The zero-order valence-corrected chi connectivity index (χ0v) is 14.5. The van der Waals surface area contributed by atoms with Crippen molar-refractivity contribution < 1.29 is 13.3 Å².